The van der Waals surface area contributed by atoms with E-state index in [0.717, 1.165) is 4.31 Å². The number of benzene rings is 2. The normalized spacial score (nSPS) is 11.6. The second kappa shape index (κ2) is 10.7. The molecule has 168 valence electrons. The number of hydrogen-bond acceptors (Lipinski definition) is 7. The fourth-order valence-electron chi connectivity index (χ4n) is 2.69. The van der Waals surface area contributed by atoms with Gasteiger partial charge in [0, 0.05) is 5.56 Å². The van der Waals surface area contributed by atoms with E-state index >= 15 is 0 Å². The Bertz CT molecular complexity index is 1040. The van der Waals surface area contributed by atoms with Crippen LogP contribution in [0.5, 0.6) is 17.2 Å². The van der Waals surface area contributed by atoms with Crippen LogP contribution < -0.4 is 23.9 Å². The first kappa shape index (κ1) is 24.0. The van der Waals surface area contributed by atoms with Gasteiger partial charge in [0.25, 0.3) is 5.91 Å². The Labute approximate surface area is 182 Å². The van der Waals surface area contributed by atoms with Crippen molar-refractivity contribution in [2.75, 3.05) is 37.9 Å². The SMILES string of the molecule is CCS(=O)(=O)N(CC(=O)N/N=C(/C)c1ccc(OC)c(OC)c1)c1ccc(OC)cc1. The summed E-state index contributed by atoms with van der Waals surface area (Å²) >= 11 is 0. The number of anilines is 1. The molecule has 0 spiro atoms. The van der Waals surface area contributed by atoms with Crippen molar-refractivity contribution in [3.8, 4) is 17.2 Å². The van der Waals surface area contributed by atoms with E-state index in [1.807, 2.05) is 0 Å². The van der Waals surface area contributed by atoms with Crippen molar-refractivity contribution >= 4 is 27.3 Å². The second-order valence-electron chi connectivity index (χ2n) is 6.41. The van der Waals surface area contributed by atoms with E-state index < -0.39 is 22.5 Å². The minimum Gasteiger partial charge on any atom is -0.497 e. The number of methoxy groups -OCH3 is 3. The molecule has 0 radical (unpaired) electrons. The van der Waals surface area contributed by atoms with E-state index in [9.17, 15) is 13.2 Å². The molecule has 0 aliphatic rings. The molecule has 0 unspecified atom stereocenters. The Hall–Kier alpha value is -3.27. The number of carbonyl (C=O) groups excluding carboxylic acids is 1. The van der Waals surface area contributed by atoms with Crippen LogP contribution in [0.3, 0.4) is 0 Å². The van der Waals surface area contributed by atoms with Crippen LogP contribution in [0.1, 0.15) is 19.4 Å². The molecule has 0 fully saturated rings. The first-order valence-corrected chi connectivity index (χ1v) is 11.1. The van der Waals surface area contributed by atoms with E-state index in [2.05, 4.69) is 10.5 Å². The van der Waals surface area contributed by atoms with Gasteiger partial charge in [0.05, 0.1) is 38.5 Å². The highest BCUT2D eigenvalue weighted by Crippen LogP contribution is 2.27. The van der Waals surface area contributed by atoms with Crippen molar-refractivity contribution in [3.63, 3.8) is 0 Å². The Morgan fingerprint density at radius 2 is 1.65 bits per heavy atom. The molecule has 2 aromatic carbocycles. The van der Waals surface area contributed by atoms with E-state index in [1.54, 1.807) is 49.4 Å². The molecule has 0 saturated carbocycles. The van der Waals surface area contributed by atoms with Gasteiger partial charge in [-0.1, -0.05) is 0 Å². The number of rotatable bonds is 10. The zero-order valence-corrected chi connectivity index (χ0v) is 19.0. The van der Waals surface area contributed by atoms with Gasteiger partial charge >= 0.3 is 0 Å². The van der Waals surface area contributed by atoms with Crippen molar-refractivity contribution in [2.24, 2.45) is 5.10 Å². The van der Waals surface area contributed by atoms with Gasteiger partial charge in [-0.05, 0) is 56.3 Å². The Balaban J connectivity index is 2.18. The fraction of sp³-hybridized carbons (Fsp3) is 0.333. The maximum absolute atomic E-state index is 12.5. The average molecular weight is 450 g/mol. The molecule has 2 aromatic rings. The lowest BCUT2D eigenvalue weighted by atomic mass is 10.1. The molecule has 9 nitrogen and oxygen atoms in total. The van der Waals surface area contributed by atoms with Crippen LogP contribution >= 0.6 is 0 Å². The largest absolute Gasteiger partial charge is 0.497 e. The molecule has 0 atom stereocenters. The zero-order chi connectivity index (χ0) is 23.0. The van der Waals surface area contributed by atoms with Gasteiger partial charge in [0.1, 0.15) is 12.3 Å². The maximum Gasteiger partial charge on any atom is 0.260 e. The van der Waals surface area contributed by atoms with Gasteiger partial charge in [-0.15, -0.1) is 0 Å². The molecule has 0 aromatic heterocycles. The highest BCUT2D eigenvalue weighted by Gasteiger charge is 2.23. The highest BCUT2D eigenvalue weighted by atomic mass is 32.2. The maximum atomic E-state index is 12.5. The lowest BCUT2D eigenvalue weighted by Gasteiger charge is -2.23. The molecule has 0 heterocycles. The average Bonchev–Trinajstić information content (AvgIpc) is 2.80. The highest BCUT2D eigenvalue weighted by molar-refractivity contribution is 7.92. The number of ether oxygens (including phenoxy) is 3. The zero-order valence-electron chi connectivity index (χ0n) is 18.2. The molecule has 1 amide bonds. The number of hydrogen-bond donors (Lipinski definition) is 1. The number of amides is 1. The summed E-state index contributed by atoms with van der Waals surface area (Å²) in [5.74, 6) is 0.953. The molecule has 0 saturated heterocycles. The van der Waals surface area contributed by atoms with Crippen molar-refractivity contribution in [1.82, 2.24) is 5.43 Å². The number of nitrogens with zero attached hydrogens (tertiary/aromatic N) is 2. The second-order valence-corrected chi connectivity index (χ2v) is 8.59. The smallest absolute Gasteiger partial charge is 0.260 e. The molecule has 0 aliphatic carbocycles. The molecule has 0 bridgehead atoms. The number of hydrazone groups is 1. The van der Waals surface area contributed by atoms with Crippen LogP contribution in [0.2, 0.25) is 0 Å². The lowest BCUT2D eigenvalue weighted by Crippen LogP contribution is -2.40. The van der Waals surface area contributed by atoms with Gasteiger partial charge in [-0.25, -0.2) is 13.8 Å². The summed E-state index contributed by atoms with van der Waals surface area (Å²) in [7, 11) is 0.898. The monoisotopic (exact) mass is 449 g/mol. The number of carbonyl (C=O) groups is 1. The summed E-state index contributed by atoms with van der Waals surface area (Å²) in [6.07, 6.45) is 0. The van der Waals surface area contributed by atoms with E-state index in [4.69, 9.17) is 14.2 Å². The predicted octanol–water partition coefficient (Wildman–Crippen LogP) is 2.41. The fourth-order valence-corrected chi connectivity index (χ4v) is 3.76. The topological polar surface area (TPSA) is 107 Å². The van der Waals surface area contributed by atoms with Crippen LogP contribution in [-0.2, 0) is 14.8 Å². The van der Waals surface area contributed by atoms with Gasteiger partial charge in [0.2, 0.25) is 10.0 Å². The van der Waals surface area contributed by atoms with Gasteiger partial charge in [0.15, 0.2) is 11.5 Å². The first-order valence-electron chi connectivity index (χ1n) is 9.45. The minimum absolute atomic E-state index is 0.153. The molecule has 0 aliphatic heterocycles. The predicted molar refractivity (Wildman–Crippen MR) is 120 cm³/mol. The van der Waals surface area contributed by atoms with Crippen molar-refractivity contribution in [2.45, 2.75) is 13.8 Å². The summed E-state index contributed by atoms with van der Waals surface area (Å²) in [5.41, 5.74) is 4.00. The van der Waals surface area contributed by atoms with Crippen molar-refractivity contribution in [1.29, 1.82) is 0 Å². The third kappa shape index (κ3) is 6.11. The quantitative estimate of drug-likeness (QED) is 0.441. The molecule has 2 rings (SSSR count). The Morgan fingerprint density at radius 1 is 1.00 bits per heavy atom. The standard InChI is InChI=1S/C21H27N3O6S/c1-6-31(26,27)24(17-8-10-18(28-3)11-9-17)14-21(25)23-22-15(2)16-7-12-19(29-4)20(13-16)30-5/h7-13H,6,14H2,1-5H3,(H,23,25)/b22-15-. The number of sulfonamides is 1. The first-order chi connectivity index (χ1) is 14.7. The van der Waals surface area contributed by atoms with E-state index in [0.29, 0.717) is 34.2 Å². The summed E-state index contributed by atoms with van der Waals surface area (Å²) in [6.45, 7) is 2.82. The Kier molecular flexibility index (Phi) is 8.26. The summed E-state index contributed by atoms with van der Waals surface area (Å²) in [5, 5.41) is 4.09. The molecular weight excluding hydrogens is 422 g/mol. The van der Waals surface area contributed by atoms with Crippen molar-refractivity contribution in [3.05, 3.63) is 48.0 Å². The summed E-state index contributed by atoms with van der Waals surface area (Å²) in [6, 6.07) is 11.7. The van der Waals surface area contributed by atoms with Crippen LogP contribution in [-0.4, -0.2) is 53.7 Å². The van der Waals surface area contributed by atoms with Crippen LogP contribution in [0.4, 0.5) is 5.69 Å². The minimum atomic E-state index is -3.68. The van der Waals surface area contributed by atoms with Gasteiger partial charge < -0.3 is 14.2 Å². The van der Waals surface area contributed by atoms with E-state index in [-0.39, 0.29) is 5.75 Å². The lowest BCUT2D eigenvalue weighted by molar-refractivity contribution is -0.119. The molecular formula is C21H27N3O6S. The Morgan fingerprint density at radius 3 is 2.19 bits per heavy atom. The van der Waals surface area contributed by atoms with Gasteiger partial charge in [-0.2, -0.15) is 5.10 Å². The van der Waals surface area contributed by atoms with E-state index in [1.165, 1.54) is 28.3 Å². The summed E-state index contributed by atoms with van der Waals surface area (Å²) < 4.78 is 41.7. The molecule has 1 N–H and O–H groups in total. The molecule has 10 heteroatoms. The van der Waals surface area contributed by atoms with Crippen molar-refractivity contribution < 1.29 is 27.4 Å². The third-order valence-corrected chi connectivity index (χ3v) is 6.24. The number of nitrogens with one attached hydrogen (secondary N) is 1. The third-order valence-electron chi connectivity index (χ3n) is 4.50. The van der Waals surface area contributed by atoms with Crippen LogP contribution in [0, 0.1) is 0 Å². The van der Waals surface area contributed by atoms with Crippen LogP contribution in [0.25, 0.3) is 0 Å². The van der Waals surface area contributed by atoms with Crippen LogP contribution in [0.15, 0.2) is 47.6 Å². The molecule has 31 heavy (non-hydrogen) atoms. The van der Waals surface area contributed by atoms with Gasteiger partial charge in [-0.3, -0.25) is 9.10 Å². The summed E-state index contributed by atoms with van der Waals surface area (Å²) in [4.78, 5) is 12.5.